The summed E-state index contributed by atoms with van der Waals surface area (Å²) in [5, 5.41) is 10.9. The van der Waals surface area contributed by atoms with Crippen LogP contribution in [0.3, 0.4) is 0 Å². The van der Waals surface area contributed by atoms with Crippen molar-refractivity contribution in [2.75, 3.05) is 6.61 Å². The first-order valence-electron chi connectivity index (χ1n) is 8.24. The van der Waals surface area contributed by atoms with Crippen molar-refractivity contribution < 1.29 is 19.2 Å². The zero-order valence-electron chi connectivity index (χ0n) is 15.3. The lowest BCUT2D eigenvalue weighted by Crippen LogP contribution is -2.44. The molecule has 2 N–H and O–H groups in total. The summed E-state index contributed by atoms with van der Waals surface area (Å²) in [4.78, 5) is 34.1. The summed E-state index contributed by atoms with van der Waals surface area (Å²) in [5.74, 6) is -0.866. The monoisotopic (exact) mass is 371 g/mol. The Morgan fingerprint density at radius 1 is 1.04 bits per heavy atom. The summed E-state index contributed by atoms with van der Waals surface area (Å²) in [7, 11) is 0. The molecule has 2 aromatic rings. The molecule has 8 nitrogen and oxygen atoms in total. The van der Waals surface area contributed by atoms with Crippen LogP contribution >= 0.6 is 0 Å². The van der Waals surface area contributed by atoms with Crippen LogP contribution in [0.25, 0.3) is 0 Å². The fourth-order valence-electron chi connectivity index (χ4n) is 2.25. The standard InChI is InChI=1S/C19H21N3O5/c1-19(2,3)13-8-10-14(11-9-13)27-12-17(23)20-21-18(24)15-6-4-5-7-16(15)22(25)26/h4-11H,12H2,1-3H3,(H,20,23)(H,21,24). The second-order valence-corrected chi connectivity index (χ2v) is 6.84. The number of carbonyl (C=O) groups excluding carboxylic acids is 2. The molecular weight excluding hydrogens is 350 g/mol. The number of amides is 2. The fraction of sp³-hybridized carbons (Fsp3) is 0.263. The summed E-state index contributed by atoms with van der Waals surface area (Å²) >= 11 is 0. The smallest absolute Gasteiger partial charge is 0.282 e. The average molecular weight is 371 g/mol. The molecule has 0 bridgehead atoms. The van der Waals surface area contributed by atoms with Gasteiger partial charge in [-0.25, -0.2) is 0 Å². The lowest BCUT2D eigenvalue weighted by atomic mass is 9.87. The molecule has 142 valence electrons. The van der Waals surface area contributed by atoms with Gasteiger partial charge < -0.3 is 4.74 Å². The predicted octanol–water partition coefficient (Wildman–Crippen LogP) is 2.73. The van der Waals surface area contributed by atoms with Crippen LogP contribution in [-0.4, -0.2) is 23.3 Å². The van der Waals surface area contributed by atoms with Gasteiger partial charge in [-0.15, -0.1) is 0 Å². The molecule has 0 aliphatic heterocycles. The zero-order valence-corrected chi connectivity index (χ0v) is 15.3. The van der Waals surface area contributed by atoms with Crippen LogP contribution in [0.15, 0.2) is 48.5 Å². The quantitative estimate of drug-likeness (QED) is 0.620. The van der Waals surface area contributed by atoms with Crippen molar-refractivity contribution in [3.8, 4) is 5.75 Å². The lowest BCUT2D eigenvalue weighted by Gasteiger charge is -2.19. The van der Waals surface area contributed by atoms with E-state index in [2.05, 4.69) is 31.6 Å². The van der Waals surface area contributed by atoms with Gasteiger partial charge in [-0.2, -0.15) is 0 Å². The first-order chi connectivity index (χ1) is 12.7. The van der Waals surface area contributed by atoms with Crippen molar-refractivity contribution in [3.63, 3.8) is 0 Å². The van der Waals surface area contributed by atoms with Crippen molar-refractivity contribution in [3.05, 3.63) is 69.8 Å². The van der Waals surface area contributed by atoms with Gasteiger partial charge in [-0.05, 0) is 29.2 Å². The number of ether oxygens (including phenoxy) is 1. The van der Waals surface area contributed by atoms with Gasteiger partial charge in [0.15, 0.2) is 6.61 Å². The van der Waals surface area contributed by atoms with E-state index in [1.54, 1.807) is 12.1 Å². The highest BCUT2D eigenvalue weighted by atomic mass is 16.6. The van der Waals surface area contributed by atoms with Crippen LogP contribution in [-0.2, 0) is 10.2 Å². The Morgan fingerprint density at radius 2 is 1.67 bits per heavy atom. The van der Waals surface area contributed by atoms with Crippen LogP contribution in [0.2, 0.25) is 0 Å². The molecule has 0 aromatic heterocycles. The first-order valence-corrected chi connectivity index (χ1v) is 8.24. The zero-order chi connectivity index (χ0) is 20.0. The number of nitro benzene ring substituents is 1. The SMILES string of the molecule is CC(C)(C)c1ccc(OCC(=O)NNC(=O)c2ccccc2[N+](=O)[O-])cc1. The Kier molecular flexibility index (Phi) is 6.12. The Labute approximate surface area is 156 Å². The summed E-state index contributed by atoms with van der Waals surface area (Å²) in [6.07, 6.45) is 0. The number of hydrogen-bond donors (Lipinski definition) is 2. The van der Waals surface area contributed by atoms with E-state index in [4.69, 9.17) is 4.74 Å². The van der Waals surface area contributed by atoms with Crippen LogP contribution in [0, 0.1) is 10.1 Å². The Balaban J connectivity index is 1.86. The van der Waals surface area contributed by atoms with E-state index in [0.717, 1.165) is 5.56 Å². The average Bonchev–Trinajstić information content (AvgIpc) is 2.64. The highest BCUT2D eigenvalue weighted by Gasteiger charge is 2.19. The molecule has 0 unspecified atom stereocenters. The van der Waals surface area contributed by atoms with E-state index >= 15 is 0 Å². The number of hydrazine groups is 1. The first kappa shape index (κ1) is 19.9. The van der Waals surface area contributed by atoms with Crippen LogP contribution in [0.4, 0.5) is 5.69 Å². The van der Waals surface area contributed by atoms with Crippen molar-refractivity contribution in [2.45, 2.75) is 26.2 Å². The molecule has 0 spiro atoms. The van der Waals surface area contributed by atoms with Gasteiger partial charge in [0.2, 0.25) is 0 Å². The molecule has 2 aromatic carbocycles. The molecule has 0 saturated carbocycles. The molecule has 2 rings (SSSR count). The minimum Gasteiger partial charge on any atom is -0.484 e. The van der Waals surface area contributed by atoms with Gasteiger partial charge in [0.25, 0.3) is 17.5 Å². The molecule has 0 radical (unpaired) electrons. The van der Waals surface area contributed by atoms with E-state index in [1.165, 1.54) is 24.3 Å². The normalized spacial score (nSPS) is 10.8. The number of carbonyl (C=O) groups is 2. The Bertz CT molecular complexity index is 841. The number of nitrogens with one attached hydrogen (secondary N) is 2. The molecule has 0 aliphatic rings. The predicted molar refractivity (Wildman–Crippen MR) is 99.3 cm³/mol. The molecule has 0 atom stereocenters. The molecule has 0 fully saturated rings. The maximum Gasteiger partial charge on any atom is 0.282 e. The van der Waals surface area contributed by atoms with Gasteiger partial charge in [0.05, 0.1) is 4.92 Å². The second kappa shape index (κ2) is 8.31. The van der Waals surface area contributed by atoms with Gasteiger partial charge in [0, 0.05) is 6.07 Å². The van der Waals surface area contributed by atoms with Gasteiger partial charge in [0.1, 0.15) is 11.3 Å². The maximum atomic E-state index is 12.0. The molecular formula is C19H21N3O5. The summed E-state index contributed by atoms with van der Waals surface area (Å²) in [6.45, 7) is 5.97. The Hall–Kier alpha value is -3.42. The summed E-state index contributed by atoms with van der Waals surface area (Å²) < 4.78 is 5.36. The highest BCUT2D eigenvalue weighted by Crippen LogP contribution is 2.24. The van der Waals surface area contributed by atoms with Gasteiger partial charge >= 0.3 is 0 Å². The molecule has 2 amide bonds. The van der Waals surface area contributed by atoms with Crippen molar-refractivity contribution in [2.24, 2.45) is 0 Å². The summed E-state index contributed by atoms with van der Waals surface area (Å²) in [6, 6.07) is 12.8. The van der Waals surface area contributed by atoms with Crippen LogP contribution < -0.4 is 15.6 Å². The van der Waals surface area contributed by atoms with Crippen molar-refractivity contribution >= 4 is 17.5 Å². The highest BCUT2D eigenvalue weighted by molar-refractivity contribution is 5.99. The molecule has 0 saturated heterocycles. The third-order valence-electron chi connectivity index (χ3n) is 3.75. The molecule has 0 aliphatic carbocycles. The van der Waals surface area contributed by atoms with E-state index < -0.39 is 16.7 Å². The number of rotatable bonds is 5. The van der Waals surface area contributed by atoms with Crippen LogP contribution in [0.1, 0.15) is 36.7 Å². The Morgan fingerprint density at radius 3 is 2.26 bits per heavy atom. The number of nitrogens with zero attached hydrogens (tertiary/aromatic N) is 1. The topological polar surface area (TPSA) is 111 Å². The number of hydrogen-bond acceptors (Lipinski definition) is 5. The van der Waals surface area contributed by atoms with Crippen LogP contribution in [0.5, 0.6) is 5.75 Å². The minimum atomic E-state index is -0.787. The van der Waals surface area contributed by atoms with E-state index in [9.17, 15) is 19.7 Å². The van der Waals surface area contributed by atoms with Gasteiger partial charge in [-0.3, -0.25) is 30.6 Å². The third-order valence-corrected chi connectivity index (χ3v) is 3.75. The van der Waals surface area contributed by atoms with E-state index in [-0.39, 0.29) is 23.3 Å². The minimum absolute atomic E-state index is 0.0141. The fourth-order valence-corrected chi connectivity index (χ4v) is 2.25. The van der Waals surface area contributed by atoms with Crippen molar-refractivity contribution in [1.82, 2.24) is 10.9 Å². The molecule has 0 heterocycles. The lowest BCUT2D eigenvalue weighted by molar-refractivity contribution is -0.385. The maximum absolute atomic E-state index is 12.0. The molecule has 8 heteroatoms. The summed E-state index contributed by atoms with van der Waals surface area (Å²) in [5.41, 5.74) is 4.95. The van der Waals surface area contributed by atoms with Crippen molar-refractivity contribution in [1.29, 1.82) is 0 Å². The number of nitro groups is 1. The second-order valence-electron chi connectivity index (χ2n) is 6.84. The van der Waals surface area contributed by atoms with E-state index in [1.807, 2.05) is 12.1 Å². The largest absolute Gasteiger partial charge is 0.484 e. The van der Waals surface area contributed by atoms with E-state index in [0.29, 0.717) is 5.75 Å². The number of para-hydroxylation sites is 1. The van der Waals surface area contributed by atoms with Gasteiger partial charge in [-0.1, -0.05) is 45.0 Å². The molecule has 27 heavy (non-hydrogen) atoms. The third kappa shape index (κ3) is 5.53. The number of benzene rings is 2.